The Morgan fingerprint density at radius 2 is 1.94 bits per heavy atom. The van der Waals surface area contributed by atoms with Crippen LogP contribution in [0.5, 0.6) is 0 Å². The van der Waals surface area contributed by atoms with Crippen molar-refractivity contribution in [1.82, 2.24) is 4.90 Å². The minimum atomic E-state index is -0.672. The van der Waals surface area contributed by atoms with Gasteiger partial charge in [0.25, 0.3) is 0 Å². The van der Waals surface area contributed by atoms with E-state index >= 15 is 0 Å². The summed E-state index contributed by atoms with van der Waals surface area (Å²) in [5.74, 6) is 0. The lowest BCUT2D eigenvalue weighted by Crippen LogP contribution is -2.40. The van der Waals surface area contributed by atoms with Crippen LogP contribution < -0.4 is 0 Å². The average molecular weight is 244 g/mol. The number of benzene rings is 1. The van der Waals surface area contributed by atoms with Gasteiger partial charge < -0.3 is 5.11 Å². The number of hydrogen-bond donors (Lipinski definition) is 1. The van der Waals surface area contributed by atoms with Crippen molar-refractivity contribution in [2.45, 2.75) is 32.9 Å². The highest BCUT2D eigenvalue weighted by Crippen LogP contribution is 2.38. The zero-order chi connectivity index (χ0) is 13.4. The zero-order valence-corrected chi connectivity index (χ0v) is 11.3. The summed E-state index contributed by atoms with van der Waals surface area (Å²) in [4.78, 5) is 2.22. The molecule has 0 spiro atoms. The van der Waals surface area contributed by atoms with Crippen molar-refractivity contribution in [3.63, 3.8) is 0 Å². The van der Waals surface area contributed by atoms with Crippen LogP contribution in [0.4, 0.5) is 0 Å². The van der Waals surface area contributed by atoms with Crippen molar-refractivity contribution in [2.75, 3.05) is 13.1 Å². The maximum absolute atomic E-state index is 10.4. The Morgan fingerprint density at radius 3 is 2.50 bits per heavy atom. The molecule has 3 heteroatoms. The standard InChI is InChI=1S/C15H20N2O/c1-14(2)10-17(11-15(14,3)18)9-13-7-5-4-6-12(13)8-16/h4-7,18H,9-11H2,1-3H3/t15-/m1/s1. The number of rotatable bonds is 2. The molecule has 0 saturated carbocycles. The van der Waals surface area contributed by atoms with Gasteiger partial charge in [0.2, 0.25) is 0 Å². The van der Waals surface area contributed by atoms with E-state index in [-0.39, 0.29) is 5.41 Å². The van der Waals surface area contributed by atoms with E-state index in [0.29, 0.717) is 6.54 Å². The summed E-state index contributed by atoms with van der Waals surface area (Å²) in [6.45, 7) is 8.29. The van der Waals surface area contributed by atoms with Gasteiger partial charge in [0.15, 0.2) is 0 Å². The first kappa shape index (κ1) is 13.1. The van der Waals surface area contributed by atoms with Crippen LogP contribution in [-0.2, 0) is 6.54 Å². The Morgan fingerprint density at radius 1 is 1.28 bits per heavy atom. The number of nitrogens with zero attached hydrogens (tertiary/aromatic N) is 2. The first-order valence-corrected chi connectivity index (χ1v) is 6.28. The number of nitriles is 1. The van der Waals surface area contributed by atoms with E-state index in [1.54, 1.807) is 0 Å². The second kappa shape index (κ2) is 4.38. The van der Waals surface area contributed by atoms with Crippen LogP contribution in [0, 0.1) is 16.7 Å². The molecule has 0 aliphatic carbocycles. The molecule has 1 aromatic rings. The summed E-state index contributed by atoms with van der Waals surface area (Å²) in [5, 5.41) is 19.5. The van der Waals surface area contributed by atoms with E-state index in [0.717, 1.165) is 24.2 Å². The summed E-state index contributed by atoms with van der Waals surface area (Å²) in [6.07, 6.45) is 0. The first-order valence-electron chi connectivity index (χ1n) is 6.28. The SMILES string of the molecule is CC1(C)CN(Cc2ccccc2C#N)C[C@@]1(C)O. The van der Waals surface area contributed by atoms with E-state index in [2.05, 4.69) is 24.8 Å². The van der Waals surface area contributed by atoms with Gasteiger partial charge in [-0.2, -0.15) is 5.26 Å². The van der Waals surface area contributed by atoms with E-state index in [4.69, 9.17) is 5.26 Å². The Bertz CT molecular complexity index is 470. The quantitative estimate of drug-likeness (QED) is 0.867. The van der Waals surface area contributed by atoms with Crippen LogP contribution in [0.15, 0.2) is 24.3 Å². The van der Waals surface area contributed by atoms with Crippen molar-refractivity contribution >= 4 is 0 Å². The highest BCUT2D eigenvalue weighted by atomic mass is 16.3. The van der Waals surface area contributed by atoms with Gasteiger partial charge in [-0.1, -0.05) is 32.0 Å². The lowest BCUT2D eigenvalue weighted by Gasteiger charge is -2.31. The van der Waals surface area contributed by atoms with Gasteiger partial charge in [0.1, 0.15) is 0 Å². The third kappa shape index (κ3) is 2.27. The van der Waals surface area contributed by atoms with Gasteiger partial charge in [-0.3, -0.25) is 4.90 Å². The predicted octanol–water partition coefficient (Wildman–Crippen LogP) is 2.15. The number of aliphatic hydroxyl groups is 1. The van der Waals surface area contributed by atoms with Crippen LogP contribution in [0.3, 0.4) is 0 Å². The van der Waals surface area contributed by atoms with Crippen molar-refractivity contribution in [1.29, 1.82) is 5.26 Å². The Hall–Kier alpha value is -1.37. The molecule has 96 valence electrons. The maximum Gasteiger partial charge on any atom is 0.0995 e. The lowest BCUT2D eigenvalue weighted by atomic mass is 9.79. The number of hydrogen-bond acceptors (Lipinski definition) is 3. The molecule has 1 aromatic carbocycles. The molecule has 0 bridgehead atoms. The summed E-state index contributed by atoms with van der Waals surface area (Å²) < 4.78 is 0. The molecule has 1 aliphatic rings. The Balaban J connectivity index is 2.16. The molecule has 1 atom stereocenters. The number of β-amino-alcohol motifs (C(OH)–C–C–N with tert-alkyl or cyclic N) is 1. The van der Waals surface area contributed by atoms with Gasteiger partial charge in [0.05, 0.1) is 17.2 Å². The Labute approximate surface area is 109 Å². The molecule has 18 heavy (non-hydrogen) atoms. The summed E-state index contributed by atoms with van der Waals surface area (Å²) >= 11 is 0. The predicted molar refractivity (Wildman–Crippen MR) is 70.8 cm³/mol. The average Bonchev–Trinajstić information content (AvgIpc) is 2.47. The third-order valence-electron chi connectivity index (χ3n) is 4.14. The molecule has 1 aliphatic heterocycles. The van der Waals surface area contributed by atoms with Gasteiger partial charge >= 0.3 is 0 Å². The molecule has 1 heterocycles. The van der Waals surface area contributed by atoms with Gasteiger partial charge in [-0.05, 0) is 18.6 Å². The molecule has 2 rings (SSSR count). The molecule has 1 saturated heterocycles. The van der Waals surface area contributed by atoms with E-state index in [1.807, 2.05) is 31.2 Å². The first-order chi connectivity index (χ1) is 8.36. The van der Waals surface area contributed by atoms with Gasteiger partial charge in [-0.15, -0.1) is 0 Å². The normalized spacial score (nSPS) is 27.1. The molecule has 3 nitrogen and oxygen atoms in total. The highest BCUT2D eigenvalue weighted by molar-refractivity contribution is 5.37. The van der Waals surface area contributed by atoms with Crippen molar-refractivity contribution in [2.24, 2.45) is 5.41 Å². The van der Waals surface area contributed by atoms with E-state index in [1.165, 1.54) is 0 Å². The fraction of sp³-hybridized carbons (Fsp3) is 0.533. The molecule has 1 N–H and O–H groups in total. The van der Waals surface area contributed by atoms with Crippen molar-refractivity contribution < 1.29 is 5.11 Å². The minimum Gasteiger partial charge on any atom is -0.388 e. The summed E-state index contributed by atoms with van der Waals surface area (Å²) in [6, 6.07) is 9.88. The molecule has 0 aromatic heterocycles. The fourth-order valence-electron chi connectivity index (χ4n) is 2.55. The molecular formula is C15H20N2O. The fourth-order valence-corrected chi connectivity index (χ4v) is 2.55. The maximum atomic E-state index is 10.4. The zero-order valence-electron chi connectivity index (χ0n) is 11.3. The monoisotopic (exact) mass is 244 g/mol. The highest BCUT2D eigenvalue weighted by Gasteiger charge is 2.47. The topological polar surface area (TPSA) is 47.3 Å². The van der Waals surface area contributed by atoms with E-state index in [9.17, 15) is 5.11 Å². The Kier molecular flexibility index (Phi) is 3.18. The minimum absolute atomic E-state index is 0.116. The molecular weight excluding hydrogens is 224 g/mol. The summed E-state index contributed by atoms with van der Waals surface area (Å²) in [5.41, 5.74) is 0.971. The molecule has 0 unspecified atom stereocenters. The third-order valence-corrected chi connectivity index (χ3v) is 4.14. The largest absolute Gasteiger partial charge is 0.388 e. The number of likely N-dealkylation sites (tertiary alicyclic amines) is 1. The van der Waals surface area contributed by atoms with Gasteiger partial charge in [0, 0.05) is 25.0 Å². The van der Waals surface area contributed by atoms with Crippen molar-refractivity contribution in [3.8, 4) is 6.07 Å². The second-order valence-corrected chi connectivity index (χ2v) is 6.07. The van der Waals surface area contributed by atoms with Crippen LogP contribution in [0.2, 0.25) is 0 Å². The van der Waals surface area contributed by atoms with Crippen LogP contribution in [0.1, 0.15) is 31.9 Å². The van der Waals surface area contributed by atoms with Crippen molar-refractivity contribution in [3.05, 3.63) is 35.4 Å². The van der Waals surface area contributed by atoms with Crippen LogP contribution >= 0.6 is 0 Å². The molecule has 0 amide bonds. The lowest BCUT2D eigenvalue weighted by molar-refractivity contribution is -0.0111. The molecule has 1 fully saturated rings. The summed E-state index contributed by atoms with van der Waals surface area (Å²) in [7, 11) is 0. The van der Waals surface area contributed by atoms with Crippen LogP contribution in [0.25, 0.3) is 0 Å². The van der Waals surface area contributed by atoms with E-state index < -0.39 is 5.60 Å². The van der Waals surface area contributed by atoms with Gasteiger partial charge in [-0.25, -0.2) is 0 Å². The smallest absolute Gasteiger partial charge is 0.0995 e. The second-order valence-electron chi connectivity index (χ2n) is 6.07. The van der Waals surface area contributed by atoms with Crippen LogP contribution in [-0.4, -0.2) is 28.7 Å². The molecule has 0 radical (unpaired) electrons.